The lowest BCUT2D eigenvalue weighted by Gasteiger charge is -2.02. The summed E-state index contributed by atoms with van der Waals surface area (Å²) in [6.07, 6.45) is 0. The van der Waals surface area contributed by atoms with Crippen LogP contribution in [0.5, 0.6) is 5.75 Å². The molecular weight excluding hydrogens is 231 g/mol. The molecule has 60 valence electrons. The molecule has 0 aromatic heterocycles. The molecule has 0 aliphatic heterocycles. The van der Waals surface area contributed by atoms with Crippen LogP contribution in [0.3, 0.4) is 0 Å². The fourth-order valence-electron chi connectivity index (χ4n) is 0.668. The van der Waals surface area contributed by atoms with Gasteiger partial charge in [0, 0.05) is 4.90 Å². The van der Waals surface area contributed by atoms with Crippen LogP contribution in [0, 0.1) is 5.82 Å². The smallest absolute Gasteiger partial charge is 0.150 e. The van der Waals surface area contributed by atoms with Crippen molar-refractivity contribution in [1.29, 1.82) is 0 Å². The minimum absolute atomic E-state index is 0.274. The predicted molar refractivity (Wildman–Crippen MR) is 47.9 cm³/mol. The van der Waals surface area contributed by atoms with Crippen molar-refractivity contribution in [3.8, 4) is 5.75 Å². The highest BCUT2D eigenvalue weighted by Gasteiger charge is 2.05. The second-order valence-corrected chi connectivity index (χ2v) is 3.28. The minimum Gasteiger partial charge on any atom is -0.497 e. The zero-order chi connectivity index (χ0) is 8.43. The molecule has 0 unspecified atom stereocenters. The molecule has 0 saturated heterocycles. The van der Waals surface area contributed by atoms with Crippen molar-refractivity contribution in [3.63, 3.8) is 0 Å². The maximum atomic E-state index is 12.9. The maximum Gasteiger partial charge on any atom is 0.150 e. The van der Waals surface area contributed by atoms with Crippen molar-refractivity contribution in [1.82, 2.24) is 0 Å². The van der Waals surface area contributed by atoms with Crippen molar-refractivity contribution in [2.24, 2.45) is 0 Å². The first-order valence-corrected chi connectivity index (χ1v) is 4.11. The van der Waals surface area contributed by atoms with Gasteiger partial charge < -0.3 is 4.74 Å². The number of hydrogen-bond acceptors (Lipinski definition) is 2. The number of rotatable bonds is 1. The summed E-state index contributed by atoms with van der Waals surface area (Å²) in [6, 6.07) is 3.07. The van der Waals surface area contributed by atoms with Gasteiger partial charge in [0.05, 0.1) is 11.6 Å². The van der Waals surface area contributed by atoms with Gasteiger partial charge in [0.1, 0.15) is 5.75 Å². The van der Waals surface area contributed by atoms with E-state index in [0.29, 0.717) is 10.2 Å². The van der Waals surface area contributed by atoms with E-state index in [-0.39, 0.29) is 10.7 Å². The SMILES string of the molecule is COc1cc(S)c(F)c(Br)c1. The van der Waals surface area contributed by atoms with Gasteiger partial charge in [-0.25, -0.2) is 4.39 Å². The summed E-state index contributed by atoms with van der Waals surface area (Å²) in [5.74, 6) is 0.220. The lowest BCUT2D eigenvalue weighted by molar-refractivity contribution is 0.411. The first-order chi connectivity index (χ1) is 5.15. The summed E-state index contributed by atoms with van der Waals surface area (Å²) in [4.78, 5) is 0.274. The Bertz CT molecular complexity index is 254. The summed E-state index contributed by atoms with van der Waals surface area (Å²) in [6.45, 7) is 0. The Morgan fingerprint density at radius 3 is 2.64 bits per heavy atom. The van der Waals surface area contributed by atoms with E-state index in [4.69, 9.17) is 4.74 Å². The molecule has 11 heavy (non-hydrogen) atoms. The third-order valence-electron chi connectivity index (χ3n) is 1.22. The number of ether oxygens (including phenoxy) is 1. The average Bonchev–Trinajstić information content (AvgIpc) is 1.99. The fourth-order valence-corrected chi connectivity index (χ4v) is 1.51. The van der Waals surface area contributed by atoms with Crippen LogP contribution in [0.1, 0.15) is 0 Å². The third kappa shape index (κ3) is 1.87. The second-order valence-electron chi connectivity index (χ2n) is 1.94. The zero-order valence-electron chi connectivity index (χ0n) is 5.77. The molecule has 1 nitrogen and oxygen atoms in total. The van der Waals surface area contributed by atoms with Gasteiger partial charge in [0.25, 0.3) is 0 Å². The monoisotopic (exact) mass is 236 g/mol. The molecule has 0 radical (unpaired) electrons. The standard InChI is InChI=1S/C7H6BrFOS/c1-10-4-2-5(8)7(9)6(11)3-4/h2-3,11H,1H3. The van der Waals surface area contributed by atoms with E-state index < -0.39 is 0 Å². The molecule has 0 atom stereocenters. The Morgan fingerprint density at radius 2 is 2.18 bits per heavy atom. The predicted octanol–water partition coefficient (Wildman–Crippen LogP) is 2.89. The van der Waals surface area contributed by atoms with Crippen LogP contribution >= 0.6 is 28.6 Å². The maximum absolute atomic E-state index is 12.9. The number of thiol groups is 1. The molecule has 0 aliphatic carbocycles. The van der Waals surface area contributed by atoms with E-state index in [2.05, 4.69) is 28.6 Å². The molecule has 0 aliphatic rings. The molecule has 0 bridgehead atoms. The normalized spacial score (nSPS) is 9.82. The highest BCUT2D eigenvalue weighted by molar-refractivity contribution is 9.10. The van der Waals surface area contributed by atoms with Crippen molar-refractivity contribution in [2.45, 2.75) is 4.90 Å². The Morgan fingerprint density at radius 1 is 1.55 bits per heavy atom. The van der Waals surface area contributed by atoms with Crippen molar-refractivity contribution in [3.05, 3.63) is 22.4 Å². The van der Waals surface area contributed by atoms with E-state index in [1.54, 1.807) is 6.07 Å². The van der Waals surface area contributed by atoms with Gasteiger partial charge in [-0.3, -0.25) is 0 Å². The van der Waals surface area contributed by atoms with E-state index in [1.165, 1.54) is 13.2 Å². The first kappa shape index (κ1) is 8.87. The van der Waals surface area contributed by atoms with Crippen LogP contribution in [-0.2, 0) is 0 Å². The van der Waals surface area contributed by atoms with Gasteiger partial charge in [-0.05, 0) is 28.1 Å². The largest absolute Gasteiger partial charge is 0.497 e. The van der Waals surface area contributed by atoms with Crippen molar-refractivity contribution >= 4 is 28.6 Å². The van der Waals surface area contributed by atoms with Gasteiger partial charge in [-0.2, -0.15) is 0 Å². The van der Waals surface area contributed by atoms with Crippen LogP contribution < -0.4 is 4.74 Å². The fraction of sp³-hybridized carbons (Fsp3) is 0.143. The van der Waals surface area contributed by atoms with E-state index in [0.717, 1.165) is 0 Å². The third-order valence-corrected chi connectivity index (χ3v) is 2.12. The first-order valence-electron chi connectivity index (χ1n) is 2.87. The van der Waals surface area contributed by atoms with Gasteiger partial charge in [0.15, 0.2) is 5.82 Å². The lowest BCUT2D eigenvalue weighted by atomic mass is 10.3. The average molecular weight is 237 g/mol. The number of methoxy groups -OCH3 is 1. The molecule has 0 heterocycles. The molecular formula is C7H6BrFOS. The highest BCUT2D eigenvalue weighted by atomic mass is 79.9. The Balaban J connectivity index is 3.21. The highest BCUT2D eigenvalue weighted by Crippen LogP contribution is 2.27. The molecule has 0 spiro atoms. The van der Waals surface area contributed by atoms with Crippen LogP contribution in [0.25, 0.3) is 0 Å². The molecule has 0 N–H and O–H groups in total. The number of benzene rings is 1. The lowest BCUT2D eigenvalue weighted by Crippen LogP contribution is -1.86. The van der Waals surface area contributed by atoms with Crippen LogP contribution in [-0.4, -0.2) is 7.11 Å². The van der Waals surface area contributed by atoms with Gasteiger partial charge >= 0.3 is 0 Å². The Hall–Kier alpha value is -0.220. The summed E-state index contributed by atoms with van der Waals surface area (Å²) >= 11 is 6.94. The van der Waals surface area contributed by atoms with Gasteiger partial charge in [-0.1, -0.05) is 0 Å². The number of halogens is 2. The topological polar surface area (TPSA) is 9.23 Å². The summed E-state index contributed by atoms with van der Waals surface area (Å²) in [5.41, 5.74) is 0. The summed E-state index contributed by atoms with van der Waals surface area (Å²) in [5, 5.41) is 0. The molecule has 4 heteroatoms. The van der Waals surface area contributed by atoms with E-state index in [1.807, 2.05) is 0 Å². The summed E-state index contributed by atoms with van der Waals surface area (Å²) in [7, 11) is 1.52. The quantitative estimate of drug-likeness (QED) is 0.739. The molecule has 1 aromatic carbocycles. The van der Waals surface area contributed by atoms with E-state index in [9.17, 15) is 4.39 Å². The van der Waals surface area contributed by atoms with Crippen molar-refractivity contribution in [2.75, 3.05) is 7.11 Å². The second kappa shape index (κ2) is 3.45. The van der Waals surface area contributed by atoms with Crippen molar-refractivity contribution < 1.29 is 9.13 Å². The molecule has 0 saturated carbocycles. The minimum atomic E-state index is -0.367. The molecule has 1 rings (SSSR count). The molecule has 0 fully saturated rings. The van der Waals surface area contributed by atoms with Gasteiger partial charge in [0.2, 0.25) is 0 Å². The van der Waals surface area contributed by atoms with Crippen LogP contribution in [0.15, 0.2) is 21.5 Å². The molecule has 1 aromatic rings. The van der Waals surface area contributed by atoms with Gasteiger partial charge in [-0.15, -0.1) is 12.6 Å². The number of hydrogen-bond donors (Lipinski definition) is 1. The van der Waals surface area contributed by atoms with Crippen LogP contribution in [0.4, 0.5) is 4.39 Å². The molecule has 0 amide bonds. The zero-order valence-corrected chi connectivity index (χ0v) is 8.25. The van der Waals surface area contributed by atoms with E-state index >= 15 is 0 Å². The Labute approximate surface area is 78.1 Å². The van der Waals surface area contributed by atoms with Crippen LogP contribution in [0.2, 0.25) is 0 Å². The Kier molecular flexibility index (Phi) is 2.78. The summed E-state index contributed by atoms with van der Waals surface area (Å²) < 4.78 is 18.1.